The van der Waals surface area contributed by atoms with Gasteiger partial charge in [0.2, 0.25) is 0 Å². The normalized spacial score (nSPS) is 31.0. The number of imidazole rings is 1. The van der Waals surface area contributed by atoms with Crippen molar-refractivity contribution in [3.63, 3.8) is 0 Å². The monoisotopic (exact) mass is 378 g/mol. The quantitative estimate of drug-likeness (QED) is 0.381. The molecule has 4 atom stereocenters. The number of aliphatic hydroxyl groups is 2. The number of hydrogen-bond acceptors (Lipinski definition) is 8. The van der Waals surface area contributed by atoms with E-state index < -0.39 is 42.9 Å². The van der Waals surface area contributed by atoms with Gasteiger partial charge in [0.15, 0.2) is 16.9 Å². The summed E-state index contributed by atoms with van der Waals surface area (Å²) in [6.07, 6.45) is -1.45. The summed E-state index contributed by atoms with van der Waals surface area (Å²) in [6.45, 7) is -2.89. The summed E-state index contributed by atoms with van der Waals surface area (Å²) in [5, 5.41) is 20.5. The number of aromatic amines is 1. The van der Waals surface area contributed by atoms with Crippen LogP contribution in [0.2, 0.25) is 0 Å². The average Bonchev–Trinajstić information content (AvgIpc) is 3.02. The van der Waals surface area contributed by atoms with Gasteiger partial charge in [0.1, 0.15) is 18.3 Å². The second-order valence-electron chi connectivity index (χ2n) is 5.45. The number of aromatic nitrogens is 4. The fraction of sp³-hybridized carbons (Fsp3) is 0.545. The van der Waals surface area contributed by atoms with Gasteiger partial charge in [-0.3, -0.25) is 9.36 Å². The molecule has 24 heavy (non-hydrogen) atoms. The largest absolute Gasteiger partial charge is 0.387 e. The lowest BCUT2D eigenvalue weighted by Crippen LogP contribution is -2.43. The molecule has 0 spiro atoms. The van der Waals surface area contributed by atoms with Crippen LogP contribution in [0.3, 0.4) is 0 Å². The van der Waals surface area contributed by atoms with Crippen LogP contribution in [0.1, 0.15) is 6.92 Å². The predicted octanol–water partition coefficient (Wildman–Crippen LogP) is -1.86. The molecule has 3 heterocycles. The van der Waals surface area contributed by atoms with Gasteiger partial charge in [-0.2, -0.15) is 0 Å². The van der Waals surface area contributed by atoms with Crippen molar-refractivity contribution in [1.82, 2.24) is 19.5 Å². The minimum atomic E-state index is -3.93. The molecule has 2 aromatic heterocycles. The van der Waals surface area contributed by atoms with Crippen molar-refractivity contribution in [3.8, 4) is 0 Å². The Balaban J connectivity index is 1.95. The zero-order valence-electron chi connectivity index (χ0n) is 12.3. The molecule has 1 saturated heterocycles. The molecule has 3 rings (SSSR count). The first-order valence-electron chi connectivity index (χ1n) is 6.79. The van der Waals surface area contributed by atoms with E-state index in [1.54, 1.807) is 0 Å². The third-order valence-corrected chi connectivity index (χ3v) is 4.67. The number of rotatable bonds is 4. The van der Waals surface area contributed by atoms with Crippen molar-refractivity contribution in [2.75, 3.05) is 6.61 Å². The van der Waals surface area contributed by atoms with Crippen LogP contribution in [0.25, 0.3) is 11.2 Å². The molecule has 0 unspecified atom stereocenters. The first kappa shape index (κ1) is 17.6. The predicted molar refractivity (Wildman–Crippen MR) is 83.4 cm³/mol. The minimum absolute atomic E-state index is 0.0462. The highest BCUT2D eigenvalue weighted by atomic mass is 32.5. The van der Waals surface area contributed by atoms with Crippen molar-refractivity contribution >= 4 is 29.7 Å². The second kappa shape index (κ2) is 5.93. The Bertz CT molecular complexity index is 865. The number of nitrogens with zero attached hydrogens (tertiary/aromatic N) is 3. The maximum atomic E-state index is 11.7. The van der Waals surface area contributed by atoms with E-state index in [9.17, 15) is 15.0 Å². The molecule has 132 valence electrons. The molecule has 0 aromatic carbocycles. The Morgan fingerprint density at radius 3 is 2.88 bits per heavy atom. The third kappa shape index (κ3) is 2.91. The van der Waals surface area contributed by atoms with Crippen molar-refractivity contribution in [2.45, 2.75) is 31.0 Å². The van der Waals surface area contributed by atoms with E-state index in [0.717, 1.165) is 0 Å². The third-order valence-electron chi connectivity index (χ3n) is 3.87. The number of hydrogen-bond donors (Lipinski definition) is 5. The van der Waals surface area contributed by atoms with E-state index >= 15 is 0 Å². The van der Waals surface area contributed by atoms with E-state index in [0.29, 0.717) is 0 Å². The van der Waals surface area contributed by atoms with E-state index in [-0.39, 0.29) is 11.2 Å². The van der Waals surface area contributed by atoms with Gasteiger partial charge in [-0.25, -0.2) is 9.97 Å². The molecule has 0 saturated carbocycles. The molecule has 0 bridgehead atoms. The van der Waals surface area contributed by atoms with E-state index in [2.05, 4.69) is 26.8 Å². The first-order valence-corrected chi connectivity index (χ1v) is 9.41. The first-order chi connectivity index (χ1) is 11.1. The molecule has 5 N–H and O–H groups in total. The van der Waals surface area contributed by atoms with Crippen molar-refractivity contribution in [3.05, 3.63) is 23.0 Å². The number of fused-ring (bicyclic) bond motifs is 1. The molecule has 13 heteroatoms. The van der Waals surface area contributed by atoms with Gasteiger partial charge in [-0.15, -0.1) is 0 Å². The van der Waals surface area contributed by atoms with Crippen LogP contribution in [-0.4, -0.2) is 64.4 Å². The topological polar surface area (TPSA) is 163 Å². The highest BCUT2D eigenvalue weighted by molar-refractivity contribution is 8.06. The minimum Gasteiger partial charge on any atom is -0.387 e. The van der Waals surface area contributed by atoms with Gasteiger partial charge in [-0.1, -0.05) is 0 Å². The van der Waals surface area contributed by atoms with Crippen LogP contribution in [0.4, 0.5) is 0 Å². The van der Waals surface area contributed by atoms with Gasteiger partial charge < -0.3 is 34.2 Å². The van der Waals surface area contributed by atoms with Crippen molar-refractivity contribution < 1.29 is 29.3 Å². The van der Waals surface area contributed by atoms with E-state index in [1.807, 2.05) is 0 Å². The molecule has 0 aliphatic carbocycles. The molecule has 1 aliphatic rings. The maximum absolute atomic E-state index is 11.7. The smallest absolute Gasteiger partial charge is 0.321 e. The van der Waals surface area contributed by atoms with Crippen molar-refractivity contribution in [2.24, 2.45) is 0 Å². The highest BCUT2D eigenvalue weighted by Gasteiger charge is 2.53. The van der Waals surface area contributed by atoms with Crippen LogP contribution in [-0.2, 0) is 26.8 Å². The summed E-state index contributed by atoms with van der Waals surface area (Å²) in [5.74, 6) is 0. The lowest BCUT2D eigenvalue weighted by atomic mass is 10.0. The van der Waals surface area contributed by atoms with Gasteiger partial charge >= 0.3 is 6.72 Å². The fourth-order valence-electron chi connectivity index (χ4n) is 2.64. The van der Waals surface area contributed by atoms with Gasteiger partial charge in [0.25, 0.3) is 5.56 Å². The van der Waals surface area contributed by atoms with Gasteiger partial charge in [-0.05, 0) is 18.7 Å². The zero-order chi connectivity index (χ0) is 17.7. The molecular formula is C11H15N4O7PS. The summed E-state index contributed by atoms with van der Waals surface area (Å²) in [6, 6.07) is 0. The van der Waals surface area contributed by atoms with Crippen LogP contribution < -0.4 is 5.56 Å². The molecule has 0 radical (unpaired) electrons. The molecule has 1 fully saturated rings. The maximum Gasteiger partial charge on any atom is 0.321 e. The SMILES string of the molecule is C[C@@]1(n2cnc3c(=O)[nH]cnc32)O[C@H](COP(O)(O)=S)[C@@H](O)[C@H]1O. The van der Waals surface area contributed by atoms with Crippen LogP contribution in [0.5, 0.6) is 0 Å². The van der Waals surface area contributed by atoms with Gasteiger partial charge in [0, 0.05) is 0 Å². The fourth-order valence-corrected chi connectivity index (χ4v) is 3.16. The summed E-state index contributed by atoms with van der Waals surface area (Å²) in [4.78, 5) is 40.3. The van der Waals surface area contributed by atoms with Crippen molar-refractivity contribution in [1.29, 1.82) is 0 Å². The average molecular weight is 378 g/mol. The Hall–Kier alpha value is -1.24. The van der Waals surface area contributed by atoms with E-state index in [1.165, 1.54) is 24.1 Å². The summed E-state index contributed by atoms with van der Waals surface area (Å²) >= 11 is 4.34. The number of H-pyrrole nitrogens is 1. The van der Waals surface area contributed by atoms with Gasteiger partial charge in [0.05, 0.1) is 19.3 Å². The summed E-state index contributed by atoms with van der Waals surface area (Å²) in [5.41, 5.74) is -1.76. The standard InChI is InChI=1S/C11H15N4O7PS/c1-11(15-4-14-6-9(15)12-3-13-10(6)18)8(17)7(16)5(22-11)2-21-23(19,20)24/h3-5,7-8,16-17H,2H2,1H3,(H,12,13,18)(H2,19,20,24)/t5-,7-,8-,11-/m1/s1. The second-order valence-corrected chi connectivity index (χ2v) is 8.12. The Morgan fingerprint density at radius 1 is 1.50 bits per heavy atom. The molecular weight excluding hydrogens is 363 g/mol. The summed E-state index contributed by atoms with van der Waals surface area (Å²) in [7, 11) is 0. The van der Waals surface area contributed by atoms with Crippen LogP contribution in [0.15, 0.2) is 17.4 Å². The van der Waals surface area contributed by atoms with E-state index in [4.69, 9.17) is 19.0 Å². The van der Waals surface area contributed by atoms with Crippen LogP contribution in [0, 0.1) is 0 Å². The lowest BCUT2D eigenvalue weighted by Gasteiger charge is -2.29. The number of nitrogens with one attached hydrogen (secondary N) is 1. The molecule has 0 amide bonds. The molecule has 2 aromatic rings. The Labute approximate surface area is 139 Å². The summed E-state index contributed by atoms with van der Waals surface area (Å²) < 4.78 is 11.7. The number of ether oxygens (including phenoxy) is 1. The Kier molecular flexibility index (Phi) is 4.35. The number of aliphatic hydroxyl groups excluding tert-OH is 2. The lowest BCUT2D eigenvalue weighted by molar-refractivity contribution is -0.131. The molecule has 1 aliphatic heterocycles. The van der Waals surface area contributed by atoms with Crippen LogP contribution >= 0.6 is 6.72 Å². The highest BCUT2D eigenvalue weighted by Crippen LogP contribution is 2.41. The zero-order valence-corrected chi connectivity index (χ0v) is 14.0. The Morgan fingerprint density at radius 2 is 2.21 bits per heavy atom. The molecule has 11 nitrogen and oxygen atoms in total.